The van der Waals surface area contributed by atoms with Gasteiger partial charge in [0, 0.05) is 48.4 Å². The molecule has 2 amide bonds. The van der Waals surface area contributed by atoms with Crippen LogP contribution in [0.4, 0.5) is 0 Å². The molecular formula is C14H24N2O3S. The van der Waals surface area contributed by atoms with Crippen LogP contribution in [0, 0.1) is 0 Å². The average molecular weight is 300 g/mol. The first-order chi connectivity index (χ1) is 9.50. The largest absolute Gasteiger partial charge is 0.338 e. The third-order valence-corrected chi connectivity index (χ3v) is 5.12. The number of rotatable bonds is 4. The van der Waals surface area contributed by atoms with E-state index in [2.05, 4.69) is 0 Å². The van der Waals surface area contributed by atoms with E-state index in [1.165, 1.54) is 0 Å². The second kappa shape index (κ2) is 6.70. The summed E-state index contributed by atoms with van der Waals surface area (Å²) < 4.78 is 11.2. The van der Waals surface area contributed by atoms with E-state index < -0.39 is 10.8 Å². The molecule has 5 nitrogen and oxygen atoms in total. The third kappa shape index (κ3) is 3.40. The van der Waals surface area contributed by atoms with Crippen LogP contribution in [0.2, 0.25) is 0 Å². The SMILES string of the molecule is CC(CCS(C)=O)N1CCC(=O)N2CCCCC2C1=O. The van der Waals surface area contributed by atoms with E-state index in [-0.39, 0.29) is 23.9 Å². The summed E-state index contributed by atoms with van der Waals surface area (Å²) in [6.45, 7) is 3.21. The van der Waals surface area contributed by atoms with Gasteiger partial charge in [0.2, 0.25) is 11.8 Å². The van der Waals surface area contributed by atoms with Crippen molar-refractivity contribution < 1.29 is 13.8 Å². The predicted octanol–water partition coefficient (Wildman–Crippen LogP) is 0.757. The highest BCUT2D eigenvalue weighted by Crippen LogP contribution is 2.24. The molecule has 2 rings (SSSR count). The summed E-state index contributed by atoms with van der Waals surface area (Å²) in [6.07, 6.45) is 5.63. The molecule has 20 heavy (non-hydrogen) atoms. The van der Waals surface area contributed by atoms with Crippen molar-refractivity contribution in [3.05, 3.63) is 0 Å². The summed E-state index contributed by atoms with van der Waals surface area (Å²) in [6, 6.07) is -0.200. The molecule has 0 aromatic carbocycles. The van der Waals surface area contributed by atoms with Crippen molar-refractivity contribution in [2.75, 3.05) is 25.1 Å². The van der Waals surface area contributed by atoms with Crippen molar-refractivity contribution in [3.63, 3.8) is 0 Å². The lowest BCUT2D eigenvalue weighted by Gasteiger charge is -2.36. The van der Waals surface area contributed by atoms with E-state index in [4.69, 9.17) is 0 Å². The van der Waals surface area contributed by atoms with E-state index in [0.29, 0.717) is 18.7 Å². The minimum Gasteiger partial charge on any atom is -0.338 e. The minimum absolute atomic E-state index is 0.0566. The van der Waals surface area contributed by atoms with Crippen LogP contribution in [0.15, 0.2) is 0 Å². The standard InChI is InChI=1S/C14H24N2O3S/c1-11(7-10-20(2)19)15-9-6-13(17)16-8-4-3-5-12(16)14(15)18/h11-12H,3-10H2,1-2H3. The quantitative estimate of drug-likeness (QED) is 0.770. The van der Waals surface area contributed by atoms with Gasteiger partial charge in [0.15, 0.2) is 0 Å². The van der Waals surface area contributed by atoms with Gasteiger partial charge in [0.1, 0.15) is 6.04 Å². The molecule has 0 spiro atoms. The van der Waals surface area contributed by atoms with E-state index in [0.717, 1.165) is 32.2 Å². The topological polar surface area (TPSA) is 57.7 Å². The van der Waals surface area contributed by atoms with Crippen LogP contribution in [0.1, 0.15) is 39.0 Å². The number of carbonyl (C=O) groups is 2. The Balaban J connectivity index is 2.08. The lowest BCUT2D eigenvalue weighted by Crippen LogP contribution is -2.51. The van der Waals surface area contributed by atoms with Gasteiger partial charge in [0.05, 0.1) is 0 Å². The summed E-state index contributed by atoms with van der Waals surface area (Å²) in [5.74, 6) is 0.801. The number of nitrogens with zero attached hydrogens (tertiary/aromatic N) is 2. The first-order valence-corrected chi connectivity index (χ1v) is 9.13. The van der Waals surface area contributed by atoms with Crippen molar-refractivity contribution in [3.8, 4) is 0 Å². The van der Waals surface area contributed by atoms with Gasteiger partial charge >= 0.3 is 0 Å². The van der Waals surface area contributed by atoms with Gasteiger partial charge in [-0.25, -0.2) is 0 Å². The zero-order valence-corrected chi connectivity index (χ0v) is 13.2. The molecule has 0 aromatic heterocycles. The molecule has 6 heteroatoms. The van der Waals surface area contributed by atoms with Crippen LogP contribution < -0.4 is 0 Å². The Labute approximate surface area is 123 Å². The van der Waals surface area contributed by atoms with Gasteiger partial charge in [-0.2, -0.15) is 0 Å². The molecule has 3 atom stereocenters. The van der Waals surface area contributed by atoms with Gasteiger partial charge in [-0.1, -0.05) is 0 Å². The predicted molar refractivity (Wildman–Crippen MR) is 78.7 cm³/mol. The highest BCUT2D eigenvalue weighted by Gasteiger charge is 2.38. The Morgan fingerprint density at radius 2 is 2.05 bits per heavy atom. The van der Waals surface area contributed by atoms with Crippen LogP contribution in [-0.2, 0) is 20.4 Å². The first-order valence-electron chi connectivity index (χ1n) is 7.40. The molecule has 2 heterocycles. The Hall–Kier alpha value is -0.910. The van der Waals surface area contributed by atoms with Crippen LogP contribution in [-0.4, -0.2) is 63.0 Å². The number of piperidine rings is 1. The fourth-order valence-electron chi connectivity index (χ4n) is 3.08. The summed E-state index contributed by atoms with van der Waals surface area (Å²) in [5.41, 5.74) is 0. The number of amides is 2. The molecule has 0 radical (unpaired) electrons. The maximum atomic E-state index is 12.7. The normalized spacial score (nSPS) is 27.0. The molecule has 0 N–H and O–H groups in total. The maximum Gasteiger partial charge on any atom is 0.245 e. The second-order valence-electron chi connectivity index (χ2n) is 5.80. The van der Waals surface area contributed by atoms with Crippen molar-refractivity contribution in [1.29, 1.82) is 0 Å². The number of hydrogen-bond acceptors (Lipinski definition) is 3. The lowest BCUT2D eigenvalue weighted by molar-refractivity contribution is -0.144. The lowest BCUT2D eigenvalue weighted by atomic mass is 10.0. The van der Waals surface area contributed by atoms with Gasteiger partial charge < -0.3 is 9.80 Å². The van der Waals surface area contributed by atoms with Crippen LogP contribution >= 0.6 is 0 Å². The van der Waals surface area contributed by atoms with Crippen molar-refractivity contribution in [1.82, 2.24) is 9.80 Å². The van der Waals surface area contributed by atoms with Crippen molar-refractivity contribution in [2.45, 2.75) is 51.1 Å². The maximum absolute atomic E-state index is 12.7. The second-order valence-corrected chi connectivity index (χ2v) is 7.35. The molecule has 0 bridgehead atoms. The fourth-order valence-corrected chi connectivity index (χ4v) is 3.75. The highest BCUT2D eigenvalue weighted by atomic mass is 32.2. The monoisotopic (exact) mass is 300 g/mol. The molecule has 2 aliphatic heterocycles. The van der Waals surface area contributed by atoms with Gasteiger partial charge in [0.25, 0.3) is 0 Å². The van der Waals surface area contributed by atoms with E-state index in [1.54, 1.807) is 11.2 Å². The fraction of sp³-hybridized carbons (Fsp3) is 0.857. The molecule has 2 fully saturated rings. The van der Waals surface area contributed by atoms with Crippen LogP contribution in [0.5, 0.6) is 0 Å². The summed E-state index contributed by atoms with van der Waals surface area (Å²) >= 11 is 0. The van der Waals surface area contributed by atoms with Gasteiger partial charge in [-0.15, -0.1) is 0 Å². The molecule has 2 aliphatic rings. The van der Waals surface area contributed by atoms with E-state index >= 15 is 0 Å². The Morgan fingerprint density at radius 3 is 2.75 bits per heavy atom. The van der Waals surface area contributed by atoms with Gasteiger partial charge in [-0.3, -0.25) is 13.8 Å². The Kier molecular flexibility index (Phi) is 5.18. The molecule has 2 saturated heterocycles. The van der Waals surface area contributed by atoms with Crippen molar-refractivity contribution >= 4 is 22.6 Å². The van der Waals surface area contributed by atoms with Crippen LogP contribution in [0.25, 0.3) is 0 Å². The van der Waals surface area contributed by atoms with E-state index in [9.17, 15) is 13.8 Å². The zero-order valence-electron chi connectivity index (χ0n) is 12.3. The molecule has 0 saturated carbocycles. The van der Waals surface area contributed by atoms with Crippen molar-refractivity contribution in [2.24, 2.45) is 0 Å². The molecule has 3 unspecified atom stereocenters. The smallest absolute Gasteiger partial charge is 0.245 e. The molecule has 0 aromatic rings. The highest BCUT2D eigenvalue weighted by molar-refractivity contribution is 7.84. The molecular weight excluding hydrogens is 276 g/mol. The number of fused-ring (bicyclic) bond motifs is 1. The molecule has 114 valence electrons. The number of hydrogen-bond donors (Lipinski definition) is 0. The Morgan fingerprint density at radius 1 is 1.30 bits per heavy atom. The zero-order chi connectivity index (χ0) is 14.7. The van der Waals surface area contributed by atoms with Gasteiger partial charge in [-0.05, 0) is 32.6 Å². The minimum atomic E-state index is -0.836. The summed E-state index contributed by atoms with van der Waals surface area (Å²) in [7, 11) is -0.836. The first kappa shape index (κ1) is 15.5. The number of carbonyl (C=O) groups excluding carboxylic acids is 2. The molecule has 0 aliphatic carbocycles. The average Bonchev–Trinajstić information content (AvgIpc) is 2.56. The van der Waals surface area contributed by atoms with E-state index in [1.807, 2.05) is 11.8 Å². The van der Waals surface area contributed by atoms with Crippen LogP contribution in [0.3, 0.4) is 0 Å². The summed E-state index contributed by atoms with van der Waals surface area (Å²) in [4.78, 5) is 28.4. The third-order valence-electron chi connectivity index (χ3n) is 4.31. The summed E-state index contributed by atoms with van der Waals surface area (Å²) in [5, 5.41) is 0. The Bertz CT molecular complexity index is 413.